The third kappa shape index (κ3) is 2.60. The summed E-state index contributed by atoms with van der Waals surface area (Å²) in [5.41, 5.74) is 7.76. The molecule has 0 saturated heterocycles. The average Bonchev–Trinajstić information content (AvgIpc) is 2.36. The van der Waals surface area contributed by atoms with Crippen molar-refractivity contribution >= 4 is 17.2 Å². The number of rotatable bonds is 4. The fourth-order valence-corrected chi connectivity index (χ4v) is 1.54. The van der Waals surface area contributed by atoms with E-state index >= 15 is 0 Å². The van der Waals surface area contributed by atoms with Gasteiger partial charge in [0.1, 0.15) is 0 Å². The Morgan fingerprint density at radius 1 is 1.83 bits per heavy atom. The SMILES string of the molecule is Cc1ncsc1CNCC(N)=O. The molecule has 3 N–H and O–H groups in total. The molecule has 0 bridgehead atoms. The summed E-state index contributed by atoms with van der Waals surface area (Å²) in [6, 6.07) is 0. The molecule has 1 heterocycles. The second-order valence-corrected chi connectivity index (χ2v) is 3.37. The number of aryl methyl sites for hydroxylation is 1. The van der Waals surface area contributed by atoms with Gasteiger partial charge in [0.2, 0.25) is 5.91 Å². The second-order valence-electron chi connectivity index (χ2n) is 2.43. The minimum Gasteiger partial charge on any atom is -0.369 e. The van der Waals surface area contributed by atoms with E-state index in [-0.39, 0.29) is 12.5 Å². The van der Waals surface area contributed by atoms with E-state index in [1.807, 2.05) is 6.92 Å². The van der Waals surface area contributed by atoms with Crippen LogP contribution in [-0.2, 0) is 11.3 Å². The molecule has 0 aliphatic carbocycles. The normalized spacial score (nSPS) is 10.1. The van der Waals surface area contributed by atoms with Crippen LogP contribution in [0.5, 0.6) is 0 Å². The molecule has 1 aromatic heterocycles. The zero-order valence-corrected chi connectivity index (χ0v) is 7.65. The van der Waals surface area contributed by atoms with E-state index in [0.29, 0.717) is 6.54 Å². The van der Waals surface area contributed by atoms with Crippen molar-refractivity contribution in [3.8, 4) is 0 Å². The van der Waals surface area contributed by atoms with Crippen LogP contribution >= 0.6 is 11.3 Å². The molecular formula is C7H11N3OS. The van der Waals surface area contributed by atoms with E-state index in [2.05, 4.69) is 10.3 Å². The lowest BCUT2D eigenvalue weighted by Crippen LogP contribution is -2.27. The molecule has 12 heavy (non-hydrogen) atoms. The molecule has 0 radical (unpaired) electrons. The predicted octanol–water partition coefficient (Wildman–Crippen LogP) is 0.0264. The first-order valence-corrected chi connectivity index (χ1v) is 4.46. The van der Waals surface area contributed by atoms with Crippen LogP contribution in [0.15, 0.2) is 5.51 Å². The van der Waals surface area contributed by atoms with E-state index in [1.165, 1.54) is 0 Å². The van der Waals surface area contributed by atoms with Gasteiger partial charge in [-0.25, -0.2) is 4.98 Å². The van der Waals surface area contributed by atoms with E-state index in [4.69, 9.17) is 5.73 Å². The summed E-state index contributed by atoms with van der Waals surface area (Å²) in [4.78, 5) is 15.6. The van der Waals surface area contributed by atoms with E-state index in [1.54, 1.807) is 16.8 Å². The van der Waals surface area contributed by atoms with Gasteiger partial charge in [0.05, 0.1) is 17.7 Å². The van der Waals surface area contributed by atoms with Crippen molar-refractivity contribution in [2.24, 2.45) is 5.73 Å². The Bertz CT molecular complexity index is 271. The van der Waals surface area contributed by atoms with Gasteiger partial charge in [0.25, 0.3) is 0 Å². The summed E-state index contributed by atoms with van der Waals surface area (Å²) in [6.07, 6.45) is 0. The number of primary amides is 1. The maximum Gasteiger partial charge on any atom is 0.231 e. The summed E-state index contributed by atoms with van der Waals surface area (Å²) in [7, 11) is 0. The van der Waals surface area contributed by atoms with Gasteiger partial charge in [-0.3, -0.25) is 4.79 Å². The number of nitrogens with one attached hydrogen (secondary N) is 1. The van der Waals surface area contributed by atoms with Gasteiger partial charge in [-0.15, -0.1) is 11.3 Å². The molecule has 0 aliphatic heterocycles. The fraction of sp³-hybridized carbons (Fsp3) is 0.429. The van der Waals surface area contributed by atoms with E-state index < -0.39 is 0 Å². The monoisotopic (exact) mass is 185 g/mol. The summed E-state index contributed by atoms with van der Waals surface area (Å²) >= 11 is 1.58. The number of nitrogens with two attached hydrogens (primary N) is 1. The van der Waals surface area contributed by atoms with Crippen LogP contribution in [0, 0.1) is 6.92 Å². The Morgan fingerprint density at radius 2 is 2.58 bits per heavy atom. The standard InChI is InChI=1S/C7H11N3OS/c1-5-6(12-4-10-5)2-9-3-7(8)11/h4,9H,2-3H2,1H3,(H2,8,11). The molecule has 5 heteroatoms. The summed E-state index contributed by atoms with van der Waals surface area (Å²) < 4.78 is 0. The third-order valence-electron chi connectivity index (χ3n) is 1.43. The van der Waals surface area contributed by atoms with Gasteiger partial charge in [-0.05, 0) is 6.92 Å². The van der Waals surface area contributed by atoms with Crippen molar-refractivity contribution in [3.05, 3.63) is 16.1 Å². The van der Waals surface area contributed by atoms with Gasteiger partial charge in [-0.2, -0.15) is 0 Å². The predicted molar refractivity (Wildman–Crippen MR) is 47.8 cm³/mol. The minimum absolute atomic E-state index is 0.220. The van der Waals surface area contributed by atoms with Gasteiger partial charge in [-0.1, -0.05) is 0 Å². The number of hydrogen-bond acceptors (Lipinski definition) is 4. The smallest absolute Gasteiger partial charge is 0.231 e. The van der Waals surface area contributed by atoms with E-state index in [9.17, 15) is 4.79 Å². The Kier molecular flexibility index (Phi) is 3.19. The number of thiazole rings is 1. The van der Waals surface area contributed by atoms with Crippen molar-refractivity contribution < 1.29 is 4.79 Å². The number of aromatic nitrogens is 1. The molecule has 0 fully saturated rings. The number of carbonyl (C=O) groups is 1. The molecule has 0 atom stereocenters. The van der Waals surface area contributed by atoms with Gasteiger partial charge in [0, 0.05) is 11.4 Å². The van der Waals surface area contributed by atoms with Crippen LogP contribution in [0.3, 0.4) is 0 Å². The summed E-state index contributed by atoms with van der Waals surface area (Å²) in [5, 5.41) is 2.92. The van der Waals surface area contributed by atoms with Gasteiger partial charge < -0.3 is 11.1 Å². The third-order valence-corrected chi connectivity index (χ3v) is 2.36. The first-order valence-electron chi connectivity index (χ1n) is 3.58. The van der Waals surface area contributed by atoms with E-state index in [0.717, 1.165) is 10.6 Å². The van der Waals surface area contributed by atoms with Crippen LogP contribution in [-0.4, -0.2) is 17.4 Å². The molecule has 66 valence electrons. The molecule has 0 aromatic carbocycles. The Labute approximate surface area is 74.8 Å². The summed E-state index contributed by atoms with van der Waals surface area (Å²) in [6.45, 7) is 2.83. The topological polar surface area (TPSA) is 68.0 Å². The Hall–Kier alpha value is -0.940. The number of nitrogens with zero attached hydrogens (tertiary/aromatic N) is 1. The molecular weight excluding hydrogens is 174 g/mol. The quantitative estimate of drug-likeness (QED) is 0.695. The number of hydrogen-bond donors (Lipinski definition) is 2. The Morgan fingerprint density at radius 3 is 3.08 bits per heavy atom. The molecule has 0 saturated carbocycles. The molecule has 1 amide bonds. The number of carbonyl (C=O) groups excluding carboxylic acids is 1. The van der Waals surface area contributed by atoms with Crippen molar-refractivity contribution in [1.82, 2.24) is 10.3 Å². The second kappa shape index (κ2) is 4.18. The molecule has 0 spiro atoms. The zero-order chi connectivity index (χ0) is 8.97. The van der Waals surface area contributed by atoms with Crippen LogP contribution in [0.2, 0.25) is 0 Å². The van der Waals surface area contributed by atoms with Crippen molar-refractivity contribution in [2.45, 2.75) is 13.5 Å². The van der Waals surface area contributed by atoms with Crippen LogP contribution < -0.4 is 11.1 Å². The van der Waals surface area contributed by atoms with Crippen LogP contribution in [0.4, 0.5) is 0 Å². The van der Waals surface area contributed by atoms with Gasteiger partial charge in [0.15, 0.2) is 0 Å². The lowest BCUT2D eigenvalue weighted by molar-refractivity contribution is -0.117. The molecule has 4 nitrogen and oxygen atoms in total. The van der Waals surface area contributed by atoms with Crippen LogP contribution in [0.1, 0.15) is 10.6 Å². The Balaban J connectivity index is 2.33. The van der Waals surface area contributed by atoms with Crippen molar-refractivity contribution in [2.75, 3.05) is 6.54 Å². The highest BCUT2D eigenvalue weighted by Gasteiger charge is 2.00. The summed E-state index contributed by atoms with van der Waals surface area (Å²) in [5.74, 6) is -0.336. The van der Waals surface area contributed by atoms with Crippen molar-refractivity contribution in [3.63, 3.8) is 0 Å². The maximum atomic E-state index is 10.4. The number of amides is 1. The van der Waals surface area contributed by atoms with Crippen molar-refractivity contribution in [1.29, 1.82) is 0 Å². The highest BCUT2D eigenvalue weighted by atomic mass is 32.1. The molecule has 0 unspecified atom stereocenters. The lowest BCUT2D eigenvalue weighted by Gasteiger charge is -1.99. The first-order chi connectivity index (χ1) is 5.70. The zero-order valence-electron chi connectivity index (χ0n) is 6.83. The fourth-order valence-electron chi connectivity index (χ4n) is 0.795. The highest BCUT2D eigenvalue weighted by molar-refractivity contribution is 7.09. The first kappa shape index (κ1) is 9.15. The average molecular weight is 185 g/mol. The van der Waals surface area contributed by atoms with Gasteiger partial charge >= 0.3 is 0 Å². The van der Waals surface area contributed by atoms with Crippen LogP contribution in [0.25, 0.3) is 0 Å². The molecule has 1 rings (SSSR count). The largest absolute Gasteiger partial charge is 0.369 e. The molecule has 0 aliphatic rings. The maximum absolute atomic E-state index is 10.4. The lowest BCUT2D eigenvalue weighted by atomic mass is 10.4. The minimum atomic E-state index is -0.336. The molecule has 1 aromatic rings. The highest BCUT2D eigenvalue weighted by Crippen LogP contribution is 2.10.